The van der Waals surface area contributed by atoms with Crippen LogP contribution in [0.2, 0.25) is 0 Å². The van der Waals surface area contributed by atoms with Gasteiger partial charge in [-0.05, 0) is 50.0 Å². The second-order valence-electron chi connectivity index (χ2n) is 7.67. The summed E-state index contributed by atoms with van der Waals surface area (Å²) in [4.78, 5) is 12.0. The number of piperazine rings is 1. The van der Waals surface area contributed by atoms with E-state index < -0.39 is 0 Å². The van der Waals surface area contributed by atoms with Gasteiger partial charge in [0.25, 0.3) is 11.8 Å². The lowest BCUT2D eigenvalue weighted by atomic mass is 9.89. The maximum atomic E-state index is 5.47. The van der Waals surface area contributed by atoms with Crippen molar-refractivity contribution in [3.05, 3.63) is 30.3 Å². The number of piperidine rings is 1. The summed E-state index contributed by atoms with van der Waals surface area (Å²) in [6.45, 7) is 9.20. The third-order valence-corrected chi connectivity index (χ3v) is 6.05. The first kappa shape index (κ1) is 17.5. The van der Waals surface area contributed by atoms with Crippen LogP contribution >= 0.6 is 0 Å². The predicted octanol–water partition coefficient (Wildman–Crippen LogP) is 2.59. The summed E-state index contributed by atoms with van der Waals surface area (Å²) in [5.74, 6) is 2.10. The summed E-state index contributed by atoms with van der Waals surface area (Å²) in [6.07, 6.45) is 2.39. The molecule has 0 radical (unpaired) electrons. The van der Waals surface area contributed by atoms with Crippen molar-refractivity contribution in [3.8, 4) is 11.5 Å². The largest absolute Gasteiger partial charge is 0.338 e. The first-order valence-corrected chi connectivity index (χ1v) is 9.77. The fourth-order valence-electron chi connectivity index (χ4n) is 4.15. The van der Waals surface area contributed by atoms with E-state index in [4.69, 9.17) is 4.52 Å². The van der Waals surface area contributed by atoms with E-state index in [9.17, 15) is 0 Å². The molecule has 0 spiro atoms. The second kappa shape index (κ2) is 7.76. The lowest BCUT2D eigenvalue weighted by Crippen LogP contribution is -2.51. The highest BCUT2D eigenvalue weighted by Crippen LogP contribution is 2.28. The molecule has 0 N–H and O–H groups in total. The molecule has 0 aliphatic carbocycles. The van der Waals surface area contributed by atoms with Crippen LogP contribution in [-0.4, -0.2) is 72.3 Å². The molecular formula is C20H29N5O. The molecule has 26 heavy (non-hydrogen) atoms. The van der Waals surface area contributed by atoms with Crippen molar-refractivity contribution >= 4 is 5.95 Å². The second-order valence-corrected chi connectivity index (χ2v) is 7.67. The molecule has 2 fully saturated rings. The lowest BCUT2D eigenvalue weighted by Gasteiger charge is -2.42. The molecule has 2 saturated heterocycles. The monoisotopic (exact) mass is 355 g/mol. The standard InChI is InChI=1S/C20H29N5O/c1-16(24-14-12-23(2)13-15-24)17-8-10-25(11-9-17)20-21-19(26-22-20)18-6-4-3-5-7-18/h3-7,16-17H,8-15H2,1-2H3/t16-/m1/s1. The minimum Gasteiger partial charge on any atom is -0.338 e. The maximum Gasteiger partial charge on any atom is 0.266 e. The Balaban J connectivity index is 1.33. The number of hydrogen-bond donors (Lipinski definition) is 0. The molecule has 0 saturated carbocycles. The number of nitrogens with zero attached hydrogens (tertiary/aromatic N) is 5. The first-order valence-electron chi connectivity index (χ1n) is 9.77. The molecule has 6 nitrogen and oxygen atoms in total. The molecule has 0 unspecified atom stereocenters. The molecule has 140 valence electrons. The van der Waals surface area contributed by atoms with E-state index in [1.54, 1.807) is 0 Å². The van der Waals surface area contributed by atoms with Gasteiger partial charge in [-0.3, -0.25) is 4.90 Å². The Morgan fingerprint density at radius 1 is 1.00 bits per heavy atom. The van der Waals surface area contributed by atoms with Gasteiger partial charge in [-0.1, -0.05) is 18.2 Å². The summed E-state index contributed by atoms with van der Waals surface area (Å²) in [5, 5.41) is 4.21. The lowest BCUT2D eigenvalue weighted by molar-refractivity contribution is 0.0812. The van der Waals surface area contributed by atoms with Crippen LogP contribution in [0.4, 0.5) is 5.95 Å². The quantitative estimate of drug-likeness (QED) is 0.840. The number of rotatable bonds is 4. The van der Waals surface area contributed by atoms with Gasteiger partial charge < -0.3 is 14.3 Å². The average Bonchev–Trinajstić information content (AvgIpc) is 3.19. The Bertz CT molecular complexity index is 687. The Labute approximate surface area is 155 Å². The minimum atomic E-state index is 0.605. The minimum absolute atomic E-state index is 0.605. The Morgan fingerprint density at radius 2 is 1.69 bits per heavy atom. The van der Waals surface area contributed by atoms with Gasteiger partial charge in [0.05, 0.1) is 0 Å². The normalized spacial score (nSPS) is 21.8. The van der Waals surface area contributed by atoms with Gasteiger partial charge in [0.1, 0.15) is 0 Å². The molecule has 0 bridgehead atoms. The van der Waals surface area contributed by atoms with Crippen molar-refractivity contribution in [1.29, 1.82) is 0 Å². The molecule has 0 amide bonds. The molecule has 1 aromatic heterocycles. The molecule has 2 aliphatic rings. The van der Waals surface area contributed by atoms with Crippen LogP contribution in [0, 0.1) is 5.92 Å². The summed E-state index contributed by atoms with van der Waals surface area (Å²) >= 11 is 0. The number of aromatic nitrogens is 2. The van der Waals surface area contributed by atoms with E-state index in [0.29, 0.717) is 11.9 Å². The number of benzene rings is 1. The van der Waals surface area contributed by atoms with Gasteiger partial charge in [0, 0.05) is 50.9 Å². The fourth-order valence-corrected chi connectivity index (χ4v) is 4.15. The van der Waals surface area contributed by atoms with Crippen LogP contribution < -0.4 is 4.90 Å². The van der Waals surface area contributed by atoms with Crippen molar-refractivity contribution in [2.45, 2.75) is 25.8 Å². The molecule has 3 heterocycles. The first-order chi connectivity index (χ1) is 12.7. The fraction of sp³-hybridized carbons (Fsp3) is 0.600. The Morgan fingerprint density at radius 3 is 2.38 bits per heavy atom. The zero-order chi connectivity index (χ0) is 17.9. The summed E-state index contributed by atoms with van der Waals surface area (Å²) in [7, 11) is 2.22. The van der Waals surface area contributed by atoms with Gasteiger partial charge >= 0.3 is 0 Å². The van der Waals surface area contributed by atoms with Crippen LogP contribution in [-0.2, 0) is 0 Å². The van der Waals surface area contributed by atoms with Gasteiger partial charge in [-0.15, -0.1) is 0 Å². The van der Waals surface area contributed by atoms with Gasteiger partial charge in [0.2, 0.25) is 0 Å². The predicted molar refractivity (Wildman–Crippen MR) is 103 cm³/mol. The van der Waals surface area contributed by atoms with E-state index >= 15 is 0 Å². The summed E-state index contributed by atoms with van der Waals surface area (Å²) in [5.41, 5.74) is 0.977. The van der Waals surface area contributed by atoms with Crippen molar-refractivity contribution in [1.82, 2.24) is 19.9 Å². The molecule has 1 aromatic carbocycles. The van der Waals surface area contributed by atoms with E-state index in [1.807, 2.05) is 30.3 Å². The van der Waals surface area contributed by atoms with E-state index in [2.05, 4.69) is 38.8 Å². The Hall–Kier alpha value is -1.92. The topological polar surface area (TPSA) is 48.6 Å². The van der Waals surface area contributed by atoms with Crippen LogP contribution in [0.1, 0.15) is 19.8 Å². The van der Waals surface area contributed by atoms with E-state index in [0.717, 1.165) is 30.5 Å². The number of hydrogen-bond acceptors (Lipinski definition) is 6. The molecule has 2 aliphatic heterocycles. The van der Waals surface area contributed by atoms with Crippen molar-refractivity contribution in [3.63, 3.8) is 0 Å². The van der Waals surface area contributed by atoms with Crippen LogP contribution in [0.25, 0.3) is 11.5 Å². The highest BCUT2D eigenvalue weighted by Gasteiger charge is 2.30. The average molecular weight is 355 g/mol. The molecular weight excluding hydrogens is 326 g/mol. The van der Waals surface area contributed by atoms with Crippen molar-refractivity contribution in [2.24, 2.45) is 5.92 Å². The highest BCUT2D eigenvalue weighted by molar-refractivity contribution is 5.54. The maximum absolute atomic E-state index is 5.47. The molecule has 2 aromatic rings. The van der Waals surface area contributed by atoms with E-state index in [1.165, 1.54) is 39.0 Å². The molecule has 4 rings (SSSR count). The highest BCUT2D eigenvalue weighted by atomic mass is 16.5. The summed E-state index contributed by atoms with van der Waals surface area (Å²) < 4.78 is 5.47. The summed E-state index contributed by atoms with van der Waals surface area (Å²) in [6, 6.07) is 10.6. The molecule has 1 atom stereocenters. The van der Waals surface area contributed by atoms with Crippen LogP contribution in [0.15, 0.2) is 34.9 Å². The SMILES string of the molecule is C[C@H](C1CCN(c2noc(-c3ccccc3)n2)CC1)N1CCN(C)CC1. The third kappa shape index (κ3) is 3.76. The van der Waals surface area contributed by atoms with Crippen LogP contribution in [0.3, 0.4) is 0 Å². The van der Waals surface area contributed by atoms with Crippen LogP contribution in [0.5, 0.6) is 0 Å². The zero-order valence-electron chi connectivity index (χ0n) is 15.8. The van der Waals surface area contributed by atoms with Gasteiger partial charge in [-0.25, -0.2) is 0 Å². The number of likely N-dealkylation sites (N-methyl/N-ethyl adjacent to an activating group) is 1. The zero-order valence-corrected chi connectivity index (χ0v) is 15.8. The van der Waals surface area contributed by atoms with Crippen molar-refractivity contribution in [2.75, 3.05) is 51.2 Å². The smallest absolute Gasteiger partial charge is 0.266 e. The van der Waals surface area contributed by atoms with Gasteiger partial charge in [-0.2, -0.15) is 4.98 Å². The van der Waals surface area contributed by atoms with Gasteiger partial charge in [0.15, 0.2) is 0 Å². The number of anilines is 1. The molecule has 6 heteroatoms. The van der Waals surface area contributed by atoms with Crippen molar-refractivity contribution < 1.29 is 4.52 Å². The van der Waals surface area contributed by atoms with E-state index in [-0.39, 0.29) is 0 Å². The Kier molecular flexibility index (Phi) is 5.22. The third-order valence-electron chi connectivity index (χ3n) is 6.05.